The second-order valence-electron chi connectivity index (χ2n) is 8.36. The van der Waals surface area contributed by atoms with Crippen LogP contribution in [0.15, 0.2) is 36.5 Å². The van der Waals surface area contributed by atoms with Crippen LogP contribution in [0.4, 0.5) is 0 Å². The van der Waals surface area contributed by atoms with Crippen molar-refractivity contribution in [2.24, 2.45) is 5.92 Å². The van der Waals surface area contributed by atoms with Crippen molar-refractivity contribution in [1.82, 2.24) is 9.55 Å². The smallest absolute Gasteiger partial charge is 0.140 e. The fourth-order valence-corrected chi connectivity index (χ4v) is 4.60. The number of nitrogens with zero attached hydrogens (tertiary/aromatic N) is 2. The van der Waals surface area contributed by atoms with Crippen LogP contribution >= 0.6 is 0 Å². The summed E-state index contributed by atoms with van der Waals surface area (Å²) in [6.07, 6.45) is 14.2. The number of benzene rings is 1. The lowest BCUT2D eigenvalue weighted by molar-refractivity contribution is 0.426. The lowest BCUT2D eigenvalue weighted by Gasteiger charge is -2.29. The lowest BCUT2D eigenvalue weighted by Crippen LogP contribution is -2.25. The Labute approximate surface area is 171 Å². The first-order valence-corrected chi connectivity index (χ1v) is 11.4. The first-order valence-electron chi connectivity index (χ1n) is 11.4. The summed E-state index contributed by atoms with van der Waals surface area (Å²) in [5, 5.41) is 9.10. The molecule has 1 aliphatic carbocycles. The minimum Gasteiger partial charge on any atom is -0.327 e. The SMILES string of the molecule is CCCCC(C(=N)C1CCCCC1)c1cnc(-c2ccccc2)n1CCCC. The second kappa shape index (κ2) is 10.6. The topological polar surface area (TPSA) is 41.7 Å². The van der Waals surface area contributed by atoms with Crippen molar-refractivity contribution in [3.8, 4) is 11.4 Å². The van der Waals surface area contributed by atoms with Crippen molar-refractivity contribution in [2.75, 3.05) is 0 Å². The molecule has 1 N–H and O–H groups in total. The third-order valence-corrected chi connectivity index (χ3v) is 6.28. The van der Waals surface area contributed by atoms with Gasteiger partial charge in [0.2, 0.25) is 0 Å². The van der Waals surface area contributed by atoms with E-state index in [4.69, 9.17) is 10.4 Å². The van der Waals surface area contributed by atoms with Gasteiger partial charge in [0, 0.05) is 35.6 Å². The number of rotatable bonds is 10. The minimum absolute atomic E-state index is 0.227. The number of aromatic nitrogens is 2. The molecule has 1 saturated carbocycles. The normalized spacial score (nSPS) is 16.2. The van der Waals surface area contributed by atoms with Crippen molar-refractivity contribution in [3.63, 3.8) is 0 Å². The lowest BCUT2D eigenvalue weighted by atomic mass is 9.78. The molecule has 1 aromatic heterocycles. The van der Waals surface area contributed by atoms with Gasteiger partial charge in [-0.25, -0.2) is 4.98 Å². The maximum atomic E-state index is 9.10. The third kappa shape index (κ3) is 4.92. The van der Waals surface area contributed by atoms with E-state index in [9.17, 15) is 0 Å². The third-order valence-electron chi connectivity index (χ3n) is 6.28. The molecule has 0 amide bonds. The molecule has 1 heterocycles. The molecule has 0 bridgehead atoms. The Balaban J connectivity index is 1.95. The van der Waals surface area contributed by atoms with Crippen LogP contribution in [0.25, 0.3) is 11.4 Å². The van der Waals surface area contributed by atoms with Crippen LogP contribution in [0.3, 0.4) is 0 Å². The maximum absolute atomic E-state index is 9.10. The number of imidazole rings is 1. The first kappa shape index (κ1) is 20.8. The van der Waals surface area contributed by atoms with Gasteiger partial charge >= 0.3 is 0 Å². The van der Waals surface area contributed by atoms with Crippen LogP contribution in [0.1, 0.15) is 89.7 Å². The van der Waals surface area contributed by atoms with Gasteiger partial charge < -0.3 is 9.98 Å². The van der Waals surface area contributed by atoms with Gasteiger partial charge in [-0.15, -0.1) is 0 Å². The minimum atomic E-state index is 0.227. The Hall–Kier alpha value is -1.90. The monoisotopic (exact) mass is 379 g/mol. The van der Waals surface area contributed by atoms with Gasteiger partial charge in [0.05, 0.1) is 0 Å². The molecule has 28 heavy (non-hydrogen) atoms. The van der Waals surface area contributed by atoms with E-state index in [0.717, 1.165) is 30.9 Å². The van der Waals surface area contributed by atoms with Crippen LogP contribution in [0.2, 0.25) is 0 Å². The first-order chi connectivity index (χ1) is 13.8. The fourth-order valence-electron chi connectivity index (χ4n) is 4.60. The van der Waals surface area contributed by atoms with Crippen LogP contribution < -0.4 is 0 Å². The molecule has 1 atom stereocenters. The van der Waals surface area contributed by atoms with Crippen LogP contribution in [-0.2, 0) is 6.54 Å². The van der Waals surface area contributed by atoms with Gasteiger partial charge in [-0.05, 0) is 31.6 Å². The zero-order valence-corrected chi connectivity index (χ0v) is 17.8. The summed E-state index contributed by atoms with van der Waals surface area (Å²) in [5.41, 5.74) is 3.44. The van der Waals surface area contributed by atoms with Crippen LogP contribution in [0, 0.1) is 11.3 Å². The molecule has 0 saturated heterocycles. The average Bonchev–Trinajstić information content (AvgIpc) is 3.17. The molecule has 1 aliphatic rings. The highest BCUT2D eigenvalue weighted by atomic mass is 15.1. The van der Waals surface area contributed by atoms with Crippen molar-refractivity contribution in [3.05, 3.63) is 42.2 Å². The van der Waals surface area contributed by atoms with Gasteiger partial charge in [0.1, 0.15) is 5.82 Å². The molecule has 0 radical (unpaired) electrons. The van der Waals surface area contributed by atoms with Crippen LogP contribution in [-0.4, -0.2) is 15.3 Å². The zero-order chi connectivity index (χ0) is 19.8. The predicted molar refractivity (Wildman–Crippen MR) is 119 cm³/mol. The highest BCUT2D eigenvalue weighted by Gasteiger charge is 2.29. The molecule has 152 valence electrons. The van der Waals surface area contributed by atoms with E-state index in [1.807, 2.05) is 0 Å². The number of hydrogen-bond donors (Lipinski definition) is 1. The van der Waals surface area contributed by atoms with E-state index in [0.29, 0.717) is 5.92 Å². The molecule has 0 aliphatic heterocycles. The zero-order valence-electron chi connectivity index (χ0n) is 17.8. The Morgan fingerprint density at radius 1 is 1.07 bits per heavy atom. The molecule has 3 rings (SSSR count). The Bertz CT molecular complexity index is 726. The molecule has 1 aromatic carbocycles. The van der Waals surface area contributed by atoms with E-state index >= 15 is 0 Å². The molecule has 0 spiro atoms. The van der Waals surface area contributed by atoms with Gasteiger partial charge in [-0.1, -0.05) is 82.7 Å². The highest BCUT2D eigenvalue weighted by Crippen LogP contribution is 2.35. The molecule has 2 aromatic rings. The van der Waals surface area contributed by atoms with Crippen molar-refractivity contribution < 1.29 is 0 Å². The summed E-state index contributed by atoms with van der Waals surface area (Å²) in [6.45, 7) is 5.50. The van der Waals surface area contributed by atoms with Crippen molar-refractivity contribution in [2.45, 2.75) is 90.5 Å². The largest absolute Gasteiger partial charge is 0.327 e. The van der Waals surface area contributed by atoms with E-state index in [2.05, 4.69) is 54.9 Å². The van der Waals surface area contributed by atoms with Crippen molar-refractivity contribution >= 4 is 5.71 Å². The Kier molecular flexibility index (Phi) is 7.88. The van der Waals surface area contributed by atoms with Crippen molar-refractivity contribution in [1.29, 1.82) is 5.41 Å². The van der Waals surface area contributed by atoms with Gasteiger partial charge in [-0.2, -0.15) is 0 Å². The second-order valence-corrected chi connectivity index (χ2v) is 8.36. The number of hydrogen-bond acceptors (Lipinski definition) is 2. The van der Waals surface area contributed by atoms with E-state index in [1.165, 1.54) is 62.6 Å². The van der Waals surface area contributed by atoms with E-state index < -0.39 is 0 Å². The number of unbranched alkanes of at least 4 members (excludes halogenated alkanes) is 2. The summed E-state index contributed by atoms with van der Waals surface area (Å²) >= 11 is 0. The maximum Gasteiger partial charge on any atom is 0.140 e. The molecular formula is C25H37N3. The van der Waals surface area contributed by atoms with E-state index in [1.54, 1.807) is 0 Å². The quantitative estimate of drug-likeness (QED) is 0.435. The summed E-state index contributed by atoms with van der Waals surface area (Å²) in [7, 11) is 0. The summed E-state index contributed by atoms with van der Waals surface area (Å²) in [5.74, 6) is 1.78. The van der Waals surface area contributed by atoms with E-state index in [-0.39, 0.29) is 5.92 Å². The number of nitrogens with one attached hydrogen (secondary N) is 1. The summed E-state index contributed by atoms with van der Waals surface area (Å²) in [6, 6.07) is 10.6. The standard InChI is InChI=1S/C25H37N3/c1-3-5-17-22(24(26)20-13-9-7-10-14-20)23-19-27-25(28(23)18-6-4-2)21-15-11-8-12-16-21/h8,11-12,15-16,19-20,22,26H,3-7,9-10,13-14,17-18H2,1-2H3. The Morgan fingerprint density at radius 2 is 1.79 bits per heavy atom. The summed E-state index contributed by atoms with van der Waals surface area (Å²) < 4.78 is 2.43. The molecule has 3 nitrogen and oxygen atoms in total. The van der Waals surface area contributed by atoms with Gasteiger partial charge in [0.15, 0.2) is 0 Å². The van der Waals surface area contributed by atoms with Gasteiger partial charge in [-0.3, -0.25) is 0 Å². The summed E-state index contributed by atoms with van der Waals surface area (Å²) in [4.78, 5) is 4.86. The average molecular weight is 380 g/mol. The molecule has 3 heteroatoms. The van der Waals surface area contributed by atoms with Gasteiger partial charge in [0.25, 0.3) is 0 Å². The Morgan fingerprint density at radius 3 is 2.46 bits per heavy atom. The molecule has 1 fully saturated rings. The molecule has 1 unspecified atom stereocenters. The van der Waals surface area contributed by atoms with Crippen LogP contribution in [0.5, 0.6) is 0 Å². The fraction of sp³-hybridized carbons (Fsp3) is 0.600. The molecular weight excluding hydrogens is 342 g/mol. The predicted octanol–water partition coefficient (Wildman–Crippen LogP) is 7.22. The highest BCUT2D eigenvalue weighted by molar-refractivity contribution is 5.90.